The highest BCUT2D eigenvalue weighted by molar-refractivity contribution is 5.71. The Hall–Kier alpha value is -5.44. The van der Waals surface area contributed by atoms with Crippen molar-refractivity contribution in [2.24, 2.45) is 0 Å². The summed E-state index contributed by atoms with van der Waals surface area (Å²) < 4.78 is 87.6. The molecule has 0 unspecified atom stereocenters. The predicted octanol–water partition coefficient (Wildman–Crippen LogP) is 6.91. The smallest absolute Gasteiger partial charge is 0.417 e. The molecule has 0 atom stereocenters. The van der Waals surface area contributed by atoms with Gasteiger partial charge in [0.25, 0.3) is 0 Å². The highest BCUT2D eigenvalue weighted by atomic mass is 19.4. The van der Waals surface area contributed by atoms with Crippen molar-refractivity contribution in [1.29, 1.82) is 0 Å². The molecule has 0 fully saturated rings. The summed E-state index contributed by atoms with van der Waals surface area (Å²) in [4.78, 5) is 26.9. The second-order valence-electron chi connectivity index (χ2n) is 8.98. The zero-order valence-corrected chi connectivity index (χ0v) is 21.8. The van der Waals surface area contributed by atoms with Crippen LogP contribution in [-0.2, 0) is 19.0 Å². The molecule has 216 valence electrons. The predicted molar refractivity (Wildman–Crippen MR) is 145 cm³/mol. The third-order valence-corrected chi connectivity index (χ3v) is 6.04. The van der Waals surface area contributed by atoms with Crippen molar-refractivity contribution >= 4 is 0 Å². The minimum absolute atomic E-state index is 0.146. The third-order valence-electron chi connectivity index (χ3n) is 6.04. The Morgan fingerprint density at radius 3 is 2.14 bits per heavy atom. The van der Waals surface area contributed by atoms with Gasteiger partial charge in [-0.25, -0.2) is 9.78 Å². The number of halogens is 6. The highest BCUT2D eigenvalue weighted by Gasteiger charge is 2.36. The summed E-state index contributed by atoms with van der Waals surface area (Å²) in [6, 6.07) is 19.1. The first-order valence-corrected chi connectivity index (χ1v) is 12.5. The molecule has 0 saturated carbocycles. The second kappa shape index (κ2) is 11.8. The number of aromatic amines is 1. The van der Waals surface area contributed by atoms with E-state index in [1.807, 2.05) is 0 Å². The fourth-order valence-electron chi connectivity index (χ4n) is 4.08. The number of benzene rings is 3. The molecule has 0 aliphatic rings. The standard InChI is InChI=1S/C31H18F6N4O2/c32-30(33,34)23-8-2-1-6-20(23)14-11-19-12-15-21(16-13-19)27-39-28(41-29(42)40-27)26-24(31(35,36)37)9-5-10-25(26)43-18-22-7-3-4-17-38-22/h1-10,12-13,15-17H,18H2,(H,39,40,41,42). The quantitative estimate of drug-likeness (QED) is 0.177. The molecule has 1 N–H and O–H groups in total. The summed E-state index contributed by atoms with van der Waals surface area (Å²) in [5.41, 5.74) is -2.54. The molecule has 5 aromatic rings. The molecule has 12 heteroatoms. The number of ether oxygens (including phenoxy) is 1. The van der Waals surface area contributed by atoms with E-state index in [1.165, 1.54) is 60.8 Å². The molecule has 0 aliphatic carbocycles. The van der Waals surface area contributed by atoms with E-state index in [9.17, 15) is 31.1 Å². The summed E-state index contributed by atoms with van der Waals surface area (Å²) in [6.45, 7) is -0.146. The zero-order chi connectivity index (χ0) is 30.6. The maximum absolute atomic E-state index is 14.1. The molecule has 6 nitrogen and oxygen atoms in total. The number of H-pyrrole nitrogens is 1. The molecular formula is C31H18F6N4O2. The van der Waals surface area contributed by atoms with Gasteiger partial charge in [0.2, 0.25) is 0 Å². The van der Waals surface area contributed by atoms with Gasteiger partial charge in [-0.15, -0.1) is 0 Å². The van der Waals surface area contributed by atoms with E-state index in [4.69, 9.17) is 4.74 Å². The molecule has 5 rings (SSSR count). The van der Waals surface area contributed by atoms with Crippen LogP contribution in [0.3, 0.4) is 0 Å². The molecule has 2 heterocycles. The van der Waals surface area contributed by atoms with Crippen LogP contribution in [0.15, 0.2) is 95.9 Å². The lowest BCUT2D eigenvalue weighted by molar-refractivity contribution is -0.138. The molecule has 0 radical (unpaired) electrons. The number of hydrogen-bond acceptors (Lipinski definition) is 5. The van der Waals surface area contributed by atoms with Crippen molar-refractivity contribution in [3.8, 4) is 40.4 Å². The zero-order valence-electron chi connectivity index (χ0n) is 21.8. The number of alkyl halides is 6. The molecule has 0 bridgehead atoms. The van der Waals surface area contributed by atoms with Gasteiger partial charge in [-0.2, -0.15) is 31.3 Å². The first kappa shape index (κ1) is 29.1. The van der Waals surface area contributed by atoms with Crippen molar-refractivity contribution in [2.45, 2.75) is 19.0 Å². The van der Waals surface area contributed by atoms with Gasteiger partial charge in [0.15, 0.2) is 5.82 Å². The lowest BCUT2D eigenvalue weighted by atomic mass is 10.0. The van der Waals surface area contributed by atoms with E-state index in [0.29, 0.717) is 11.3 Å². The SMILES string of the molecule is O=c1nc(-c2ccc(C#Cc3ccccc3C(F)(F)F)cc2)nc(-c2c(OCc3ccccn3)cccc2C(F)(F)F)[nH]1. The first-order chi connectivity index (χ1) is 20.5. The van der Waals surface area contributed by atoms with Crippen molar-refractivity contribution < 1.29 is 31.1 Å². The van der Waals surface area contributed by atoms with E-state index in [2.05, 4.69) is 31.8 Å². The van der Waals surface area contributed by atoms with Crippen LogP contribution < -0.4 is 10.4 Å². The molecule has 43 heavy (non-hydrogen) atoms. The minimum atomic E-state index is -4.81. The Kier molecular flexibility index (Phi) is 7.98. The molecular weight excluding hydrogens is 574 g/mol. The van der Waals surface area contributed by atoms with E-state index < -0.39 is 40.6 Å². The number of pyridine rings is 1. The fourth-order valence-corrected chi connectivity index (χ4v) is 4.08. The highest BCUT2D eigenvalue weighted by Crippen LogP contribution is 2.41. The van der Waals surface area contributed by atoms with E-state index in [1.54, 1.807) is 18.2 Å². The molecule has 2 aromatic heterocycles. The van der Waals surface area contributed by atoms with Crippen molar-refractivity contribution in [2.75, 3.05) is 0 Å². The monoisotopic (exact) mass is 592 g/mol. The van der Waals surface area contributed by atoms with Gasteiger partial charge in [-0.05, 0) is 60.7 Å². The minimum Gasteiger partial charge on any atom is -0.487 e. The van der Waals surface area contributed by atoms with Crippen LogP contribution in [0.2, 0.25) is 0 Å². The Morgan fingerprint density at radius 1 is 0.744 bits per heavy atom. The second-order valence-corrected chi connectivity index (χ2v) is 8.98. The Labute approximate surface area is 240 Å². The largest absolute Gasteiger partial charge is 0.487 e. The van der Waals surface area contributed by atoms with Gasteiger partial charge in [0.05, 0.1) is 22.4 Å². The average molecular weight is 592 g/mol. The molecule has 0 spiro atoms. The van der Waals surface area contributed by atoms with Crippen LogP contribution >= 0.6 is 0 Å². The summed E-state index contributed by atoms with van der Waals surface area (Å²) >= 11 is 0. The summed E-state index contributed by atoms with van der Waals surface area (Å²) in [7, 11) is 0. The van der Waals surface area contributed by atoms with Crippen LogP contribution in [0.5, 0.6) is 5.75 Å². The van der Waals surface area contributed by atoms with Crippen molar-refractivity contribution in [3.63, 3.8) is 0 Å². The van der Waals surface area contributed by atoms with Gasteiger partial charge >= 0.3 is 18.0 Å². The van der Waals surface area contributed by atoms with Gasteiger partial charge in [-0.1, -0.05) is 36.1 Å². The number of aromatic nitrogens is 4. The van der Waals surface area contributed by atoms with Crippen molar-refractivity contribution in [3.05, 3.63) is 130 Å². The number of hydrogen-bond donors (Lipinski definition) is 1. The molecule has 0 aliphatic heterocycles. The van der Waals surface area contributed by atoms with Gasteiger partial charge in [-0.3, -0.25) is 9.97 Å². The van der Waals surface area contributed by atoms with Gasteiger partial charge < -0.3 is 4.74 Å². The third kappa shape index (κ3) is 6.90. The normalized spacial score (nSPS) is 11.5. The topological polar surface area (TPSA) is 80.8 Å². The van der Waals surface area contributed by atoms with Crippen LogP contribution in [0.25, 0.3) is 22.8 Å². The van der Waals surface area contributed by atoms with Crippen LogP contribution in [-0.4, -0.2) is 19.9 Å². The Balaban J connectivity index is 1.50. The number of rotatable bonds is 5. The number of nitrogens with zero attached hydrogens (tertiary/aromatic N) is 3. The van der Waals surface area contributed by atoms with E-state index in [0.717, 1.165) is 12.1 Å². The summed E-state index contributed by atoms with van der Waals surface area (Å²) in [6.07, 6.45) is -7.87. The maximum Gasteiger partial charge on any atom is 0.417 e. The van der Waals surface area contributed by atoms with Crippen LogP contribution in [0.1, 0.15) is 27.9 Å². The first-order valence-electron chi connectivity index (χ1n) is 12.5. The van der Waals surface area contributed by atoms with Gasteiger partial charge in [0.1, 0.15) is 18.2 Å². The van der Waals surface area contributed by atoms with Crippen molar-refractivity contribution in [1.82, 2.24) is 19.9 Å². The number of nitrogens with one attached hydrogen (secondary N) is 1. The molecule has 0 saturated heterocycles. The Bertz CT molecular complexity index is 1870. The van der Waals surface area contributed by atoms with Gasteiger partial charge in [0, 0.05) is 22.9 Å². The average Bonchev–Trinajstić information content (AvgIpc) is 2.98. The Morgan fingerprint density at radius 2 is 1.44 bits per heavy atom. The van der Waals surface area contributed by atoms with Crippen LogP contribution in [0.4, 0.5) is 26.3 Å². The van der Waals surface area contributed by atoms with Crippen LogP contribution in [0, 0.1) is 11.8 Å². The summed E-state index contributed by atoms with van der Waals surface area (Å²) in [5, 5.41) is 0. The lowest BCUT2D eigenvalue weighted by Gasteiger charge is -2.17. The van der Waals surface area contributed by atoms with E-state index in [-0.39, 0.29) is 29.3 Å². The molecule has 3 aromatic carbocycles. The lowest BCUT2D eigenvalue weighted by Crippen LogP contribution is -2.17. The fraction of sp³-hybridized carbons (Fsp3) is 0.0968. The summed E-state index contributed by atoms with van der Waals surface area (Å²) in [5.74, 6) is 4.36. The maximum atomic E-state index is 14.1. The molecule has 0 amide bonds. The van der Waals surface area contributed by atoms with E-state index >= 15 is 0 Å².